The minimum atomic E-state index is -0.534. The second-order valence-corrected chi connectivity index (χ2v) is 3.30. The Morgan fingerprint density at radius 3 is 2.50 bits per heavy atom. The molecule has 1 N–H and O–H groups in total. The van der Waals surface area contributed by atoms with Gasteiger partial charge in [0.25, 0.3) is 0 Å². The van der Waals surface area contributed by atoms with Crippen molar-refractivity contribution in [3.63, 3.8) is 0 Å². The van der Waals surface area contributed by atoms with Crippen LogP contribution in [0.5, 0.6) is 0 Å². The second kappa shape index (κ2) is 4.13. The summed E-state index contributed by atoms with van der Waals surface area (Å²) >= 11 is 0. The summed E-state index contributed by atoms with van der Waals surface area (Å²) in [5, 5.41) is 8.94. The average molecular weight is 169 g/mol. The standard InChI is InChI=1S/C9H15NO2/c1-5-6-8(12)10(4)9(2,3)7-11/h1,11H,6-7H2,2-4H3. The third-order valence-electron chi connectivity index (χ3n) is 1.92. The molecule has 0 aromatic rings. The topological polar surface area (TPSA) is 40.5 Å². The molecule has 68 valence electrons. The van der Waals surface area contributed by atoms with Crippen LogP contribution in [0.4, 0.5) is 0 Å². The Balaban J connectivity index is 4.30. The van der Waals surface area contributed by atoms with Gasteiger partial charge in [0.05, 0.1) is 18.6 Å². The Morgan fingerprint density at radius 2 is 2.17 bits per heavy atom. The average Bonchev–Trinajstić information content (AvgIpc) is 2.03. The fourth-order valence-corrected chi connectivity index (χ4v) is 0.650. The van der Waals surface area contributed by atoms with Crippen LogP contribution in [0.2, 0.25) is 0 Å². The summed E-state index contributed by atoms with van der Waals surface area (Å²) in [5.41, 5.74) is -0.534. The van der Waals surface area contributed by atoms with Crippen molar-refractivity contribution in [1.29, 1.82) is 0 Å². The highest BCUT2D eigenvalue weighted by molar-refractivity contribution is 5.79. The Bertz CT molecular complexity index is 203. The number of likely N-dealkylation sites (N-methyl/N-ethyl adjacent to an activating group) is 1. The van der Waals surface area contributed by atoms with Gasteiger partial charge in [0.1, 0.15) is 0 Å². The van der Waals surface area contributed by atoms with Crippen molar-refractivity contribution in [3.05, 3.63) is 0 Å². The first-order chi connectivity index (χ1) is 5.45. The van der Waals surface area contributed by atoms with E-state index in [1.165, 1.54) is 4.90 Å². The first kappa shape index (κ1) is 11.0. The Labute approximate surface area is 73.4 Å². The Kier molecular flexibility index (Phi) is 3.78. The molecular formula is C9H15NO2. The molecule has 0 spiro atoms. The molecule has 0 aromatic carbocycles. The lowest BCUT2D eigenvalue weighted by Gasteiger charge is -2.33. The number of hydrogen-bond acceptors (Lipinski definition) is 2. The quantitative estimate of drug-likeness (QED) is 0.615. The third-order valence-corrected chi connectivity index (χ3v) is 1.92. The molecule has 3 heteroatoms. The lowest BCUT2D eigenvalue weighted by atomic mass is 10.0. The molecule has 0 aliphatic carbocycles. The summed E-state index contributed by atoms with van der Waals surface area (Å²) in [6, 6.07) is 0. The minimum absolute atomic E-state index is 0.0696. The number of rotatable bonds is 3. The SMILES string of the molecule is C#CCC(=O)N(C)C(C)(C)CO. The smallest absolute Gasteiger partial charge is 0.234 e. The van der Waals surface area contributed by atoms with Gasteiger partial charge in [0.15, 0.2) is 0 Å². The van der Waals surface area contributed by atoms with Crippen LogP contribution in [0.1, 0.15) is 20.3 Å². The normalized spacial score (nSPS) is 10.6. The van der Waals surface area contributed by atoms with E-state index in [4.69, 9.17) is 11.5 Å². The molecule has 0 unspecified atom stereocenters. The van der Waals surface area contributed by atoms with Gasteiger partial charge in [-0.25, -0.2) is 0 Å². The van der Waals surface area contributed by atoms with Crippen LogP contribution in [-0.2, 0) is 4.79 Å². The van der Waals surface area contributed by atoms with E-state index < -0.39 is 5.54 Å². The van der Waals surface area contributed by atoms with E-state index >= 15 is 0 Å². The zero-order chi connectivity index (χ0) is 9.78. The predicted octanol–water partition coefficient (Wildman–Crippen LogP) is 0.239. The lowest BCUT2D eigenvalue weighted by molar-refractivity contribution is -0.134. The third kappa shape index (κ3) is 2.55. The number of carbonyl (C=O) groups is 1. The summed E-state index contributed by atoms with van der Waals surface area (Å²) in [7, 11) is 1.63. The number of terminal acetylenes is 1. The van der Waals surface area contributed by atoms with Crippen LogP contribution >= 0.6 is 0 Å². The molecule has 0 fully saturated rings. The van der Waals surface area contributed by atoms with Gasteiger partial charge in [-0.05, 0) is 13.8 Å². The van der Waals surface area contributed by atoms with E-state index in [0.717, 1.165) is 0 Å². The predicted molar refractivity (Wildman–Crippen MR) is 47.4 cm³/mol. The van der Waals surface area contributed by atoms with Crippen LogP contribution < -0.4 is 0 Å². The highest BCUT2D eigenvalue weighted by Crippen LogP contribution is 2.11. The minimum Gasteiger partial charge on any atom is -0.394 e. The molecule has 12 heavy (non-hydrogen) atoms. The zero-order valence-electron chi connectivity index (χ0n) is 7.79. The first-order valence-corrected chi connectivity index (χ1v) is 3.76. The molecule has 0 rings (SSSR count). The molecular weight excluding hydrogens is 154 g/mol. The number of amides is 1. The Morgan fingerprint density at radius 1 is 1.67 bits per heavy atom. The van der Waals surface area contributed by atoms with Crippen LogP contribution in [-0.4, -0.2) is 35.1 Å². The van der Waals surface area contributed by atoms with Crippen LogP contribution in [0.15, 0.2) is 0 Å². The van der Waals surface area contributed by atoms with Gasteiger partial charge in [-0.2, -0.15) is 0 Å². The largest absolute Gasteiger partial charge is 0.394 e. The lowest BCUT2D eigenvalue weighted by Crippen LogP contribution is -2.47. The van der Waals surface area contributed by atoms with Crippen molar-refractivity contribution in [2.45, 2.75) is 25.8 Å². The van der Waals surface area contributed by atoms with Crippen LogP contribution in [0, 0.1) is 12.3 Å². The van der Waals surface area contributed by atoms with Gasteiger partial charge < -0.3 is 10.0 Å². The molecule has 0 atom stereocenters. The molecule has 1 amide bonds. The number of hydrogen-bond donors (Lipinski definition) is 1. The van der Waals surface area contributed by atoms with Crippen LogP contribution in [0.25, 0.3) is 0 Å². The van der Waals surface area contributed by atoms with Crippen molar-refractivity contribution in [1.82, 2.24) is 4.90 Å². The van der Waals surface area contributed by atoms with Gasteiger partial charge in [0, 0.05) is 7.05 Å². The van der Waals surface area contributed by atoms with Gasteiger partial charge in [0.2, 0.25) is 5.91 Å². The van der Waals surface area contributed by atoms with E-state index in [-0.39, 0.29) is 18.9 Å². The Hall–Kier alpha value is -1.01. The van der Waals surface area contributed by atoms with Crippen LogP contribution in [0.3, 0.4) is 0 Å². The molecule has 3 nitrogen and oxygen atoms in total. The maximum Gasteiger partial charge on any atom is 0.234 e. The maximum atomic E-state index is 11.2. The number of aliphatic hydroxyl groups is 1. The van der Waals surface area contributed by atoms with E-state index in [2.05, 4.69) is 5.92 Å². The zero-order valence-corrected chi connectivity index (χ0v) is 7.79. The van der Waals surface area contributed by atoms with Gasteiger partial charge in [-0.3, -0.25) is 4.79 Å². The van der Waals surface area contributed by atoms with Crippen molar-refractivity contribution < 1.29 is 9.90 Å². The fraction of sp³-hybridized carbons (Fsp3) is 0.667. The molecule has 0 saturated carbocycles. The van der Waals surface area contributed by atoms with E-state index in [9.17, 15) is 4.79 Å². The summed E-state index contributed by atoms with van der Waals surface area (Å²) in [4.78, 5) is 12.7. The summed E-state index contributed by atoms with van der Waals surface area (Å²) < 4.78 is 0. The molecule has 0 aliphatic heterocycles. The van der Waals surface area contributed by atoms with Gasteiger partial charge in [-0.15, -0.1) is 6.42 Å². The second-order valence-electron chi connectivity index (χ2n) is 3.30. The fourth-order valence-electron chi connectivity index (χ4n) is 0.650. The summed E-state index contributed by atoms with van der Waals surface area (Å²) in [6.07, 6.45) is 5.08. The maximum absolute atomic E-state index is 11.2. The molecule has 0 aliphatic rings. The summed E-state index contributed by atoms with van der Waals surface area (Å²) in [6.45, 7) is 3.49. The van der Waals surface area contributed by atoms with E-state index in [0.29, 0.717) is 0 Å². The first-order valence-electron chi connectivity index (χ1n) is 3.76. The van der Waals surface area contributed by atoms with E-state index in [1.807, 2.05) is 0 Å². The molecule has 0 aromatic heterocycles. The van der Waals surface area contributed by atoms with E-state index in [1.54, 1.807) is 20.9 Å². The van der Waals surface area contributed by atoms with Gasteiger partial charge >= 0.3 is 0 Å². The van der Waals surface area contributed by atoms with Crippen molar-refractivity contribution >= 4 is 5.91 Å². The highest BCUT2D eigenvalue weighted by atomic mass is 16.3. The molecule has 0 radical (unpaired) electrons. The van der Waals surface area contributed by atoms with Crippen molar-refractivity contribution in [3.8, 4) is 12.3 Å². The summed E-state index contributed by atoms with van der Waals surface area (Å²) in [5.74, 6) is 2.13. The number of aliphatic hydroxyl groups excluding tert-OH is 1. The molecule has 0 saturated heterocycles. The number of nitrogens with zero attached hydrogens (tertiary/aromatic N) is 1. The molecule has 0 bridgehead atoms. The van der Waals surface area contributed by atoms with Crippen molar-refractivity contribution in [2.24, 2.45) is 0 Å². The molecule has 0 heterocycles. The highest BCUT2D eigenvalue weighted by Gasteiger charge is 2.25. The number of carbonyl (C=O) groups excluding carboxylic acids is 1. The monoisotopic (exact) mass is 169 g/mol. The van der Waals surface area contributed by atoms with Gasteiger partial charge in [-0.1, -0.05) is 5.92 Å². The van der Waals surface area contributed by atoms with Crippen molar-refractivity contribution in [2.75, 3.05) is 13.7 Å².